The molecule has 1 saturated carbocycles. The van der Waals surface area contributed by atoms with Gasteiger partial charge in [0.15, 0.2) is 0 Å². The molecule has 1 aromatic rings. The normalized spacial score (nSPS) is 23.2. The molecule has 1 aliphatic heterocycles. The fourth-order valence-electron chi connectivity index (χ4n) is 3.23. The molecule has 21 heavy (non-hydrogen) atoms. The third kappa shape index (κ3) is 5.49. The van der Waals surface area contributed by atoms with Crippen molar-refractivity contribution in [3.05, 3.63) is 35.4 Å². The summed E-state index contributed by atoms with van der Waals surface area (Å²) >= 11 is 0. The Labute approximate surface area is 129 Å². The van der Waals surface area contributed by atoms with Crippen molar-refractivity contribution in [3.63, 3.8) is 0 Å². The van der Waals surface area contributed by atoms with E-state index in [-0.39, 0.29) is 6.61 Å². The Hall–Kier alpha value is -1.37. The monoisotopic (exact) mass is 288 g/mol. The number of hydrogen-bond acceptors (Lipinski definition) is 3. The molecular formula is C18H28N2O. The second-order valence-electron chi connectivity index (χ2n) is 5.69. The van der Waals surface area contributed by atoms with Gasteiger partial charge in [-0.25, -0.2) is 0 Å². The Morgan fingerprint density at radius 2 is 1.76 bits per heavy atom. The number of benzene rings is 1. The number of nitrogens with zero attached hydrogens (tertiary/aromatic N) is 2. The maximum atomic E-state index is 8.70. The Bertz CT molecular complexity index is 441. The number of hydrogen-bond donors (Lipinski definition) is 1. The molecule has 0 aromatic heterocycles. The second kappa shape index (κ2) is 9.55. The molecule has 2 unspecified atom stereocenters. The van der Waals surface area contributed by atoms with Gasteiger partial charge in [0, 0.05) is 13.1 Å². The maximum Gasteiger partial charge on any atom is 0.0995 e. The molecule has 3 nitrogen and oxygen atoms in total. The fourth-order valence-corrected chi connectivity index (χ4v) is 3.23. The predicted molar refractivity (Wildman–Crippen MR) is 86.8 cm³/mol. The van der Waals surface area contributed by atoms with Crippen LogP contribution in [-0.4, -0.2) is 30.1 Å². The van der Waals surface area contributed by atoms with Gasteiger partial charge in [0.1, 0.15) is 0 Å². The molecule has 0 spiro atoms. The van der Waals surface area contributed by atoms with Gasteiger partial charge in [-0.3, -0.25) is 0 Å². The quantitative estimate of drug-likeness (QED) is 0.861. The van der Waals surface area contributed by atoms with Gasteiger partial charge in [-0.05, 0) is 49.8 Å². The molecule has 1 heterocycles. The van der Waals surface area contributed by atoms with Crippen LogP contribution >= 0.6 is 0 Å². The smallest absolute Gasteiger partial charge is 0.0995 e. The largest absolute Gasteiger partial charge is 0.392 e. The second-order valence-corrected chi connectivity index (χ2v) is 5.69. The van der Waals surface area contributed by atoms with Gasteiger partial charge in [-0.1, -0.05) is 32.0 Å². The van der Waals surface area contributed by atoms with E-state index < -0.39 is 0 Å². The Kier molecular flexibility index (Phi) is 8.04. The van der Waals surface area contributed by atoms with Gasteiger partial charge >= 0.3 is 0 Å². The minimum absolute atomic E-state index is 0.0657. The Morgan fingerprint density at radius 1 is 1.19 bits per heavy atom. The standard InChI is InChI=1S/C8H7NO.C8H15N.C2H6/c9-5-7-3-1-2-4-8(7)6-10;1-9-5-7-2-3-8(4-7)6-9;1-2/h1-4,10H,6H2;7-8H,2-6H2,1H3;1-2H3. The highest BCUT2D eigenvalue weighted by molar-refractivity contribution is 5.36. The molecule has 0 amide bonds. The van der Waals surface area contributed by atoms with Crippen molar-refractivity contribution in [2.75, 3.05) is 20.1 Å². The number of fused-ring (bicyclic) bond motifs is 2. The van der Waals surface area contributed by atoms with Gasteiger partial charge < -0.3 is 10.0 Å². The molecular weight excluding hydrogens is 260 g/mol. The lowest BCUT2D eigenvalue weighted by molar-refractivity contribution is 0.203. The summed E-state index contributed by atoms with van der Waals surface area (Å²) in [6, 6.07) is 8.98. The van der Waals surface area contributed by atoms with Crippen LogP contribution in [0.15, 0.2) is 24.3 Å². The van der Waals surface area contributed by atoms with Gasteiger partial charge in [0.25, 0.3) is 0 Å². The molecule has 1 aromatic carbocycles. The van der Waals surface area contributed by atoms with E-state index in [1.165, 1.54) is 32.4 Å². The molecule has 1 aliphatic carbocycles. The summed E-state index contributed by atoms with van der Waals surface area (Å²) in [5.74, 6) is 2.13. The molecule has 116 valence electrons. The minimum Gasteiger partial charge on any atom is -0.392 e. The third-order valence-electron chi connectivity index (χ3n) is 4.10. The van der Waals surface area contributed by atoms with Crippen molar-refractivity contribution in [3.8, 4) is 6.07 Å². The minimum atomic E-state index is -0.0657. The zero-order valence-electron chi connectivity index (χ0n) is 13.5. The average Bonchev–Trinajstić information content (AvgIpc) is 2.88. The van der Waals surface area contributed by atoms with E-state index in [1.807, 2.05) is 19.9 Å². The summed E-state index contributed by atoms with van der Waals surface area (Å²) in [5, 5.41) is 17.2. The lowest BCUT2D eigenvalue weighted by atomic mass is 10.00. The average molecular weight is 288 g/mol. The lowest BCUT2D eigenvalue weighted by Gasteiger charge is -2.27. The summed E-state index contributed by atoms with van der Waals surface area (Å²) in [4.78, 5) is 2.49. The molecule has 1 N–H and O–H groups in total. The Morgan fingerprint density at radius 3 is 2.24 bits per heavy atom. The van der Waals surface area contributed by atoms with Crippen molar-refractivity contribution in [1.29, 1.82) is 5.26 Å². The molecule has 2 bridgehead atoms. The van der Waals surface area contributed by atoms with Crippen LogP contribution in [0.25, 0.3) is 0 Å². The lowest BCUT2D eigenvalue weighted by Crippen LogP contribution is -2.32. The molecule has 3 heteroatoms. The zero-order chi connectivity index (χ0) is 15.7. The first-order valence-electron chi connectivity index (χ1n) is 8.00. The van der Waals surface area contributed by atoms with E-state index in [2.05, 4.69) is 11.9 Å². The molecule has 2 fully saturated rings. The topological polar surface area (TPSA) is 47.3 Å². The molecule has 1 saturated heterocycles. The fraction of sp³-hybridized carbons (Fsp3) is 0.611. The summed E-state index contributed by atoms with van der Waals surface area (Å²) in [7, 11) is 2.25. The first kappa shape index (κ1) is 17.7. The van der Waals surface area contributed by atoms with Crippen molar-refractivity contribution in [2.24, 2.45) is 11.8 Å². The van der Waals surface area contributed by atoms with Crippen LogP contribution in [0, 0.1) is 23.2 Å². The number of likely N-dealkylation sites (tertiary alicyclic amines) is 1. The molecule has 2 aliphatic rings. The SMILES string of the molecule is CC.CN1CC2CCC(C2)C1.N#Cc1ccccc1CO. The van der Waals surface area contributed by atoms with E-state index in [9.17, 15) is 0 Å². The van der Waals surface area contributed by atoms with Crippen LogP contribution in [0.5, 0.6) is 0 Å². The van der Waals surface area contributed by atoms with Crippen LogP contribution < -0.4 is 0 Å². The maximum absolute atomic E-state index is 8.70. The van der Waals surface area contributed by atoms with E-state index >= 15 is 0 Å². The third-order valence-corrected chi connectivity index (χ3v) is 4.10. The highest BCUT2D eigenvalue weighted by atomic mass is 16.3. The van der Waals surface area contributed by atoms with E-state index in [0.717, 1.165) is 11.8 Å². The molecule has 3 rings (SSSR count). The molecule has 2 atom stereocenters. The summed E-state index contributed by atoms with van der Waals surface area (Å²) in [6.07, 6.45) is 4.55. The van der Waals surface area contributed by atoms with Gasteiger partial charge in [-0.15, -0.1) is 0 Å². The van der Waals surface area contributed by atoms with E-state index in [1.54, 1.807) is 24.3 Å². The number of piperidine rings is 1. The van der Waals surface area contributed by atoms with Gasteiger partial charge in [-0.2, -0.15) is 5.26 Å². The number of aliphatic hydroxyl groups excluding tert-OH is 1. The van der Waals surface area contributed by atoms with Crippen molar-refractivity contribution >= 4 is 0 Å². The van der Waals surface area contributed by atoms with Crippen molar-refractivity contribution in [1.82, 2.24) is 4.90 Å². The first-order valence-corrected chi connectivity index (χ1v) is 8.00. The zero-order valence-corrected chi connectivity index (χ0v) is 13.5. The van der Waals surface area contributed by atoms with Gasteiger partial charge in [0.2, 0.25) is 0 Å². The predicted octanol–water partition coefficient (Wildman–Crippen LogP) is 3.42. The molecule has 0 radical (unpaired) electrons. The van der Waals surface area contributed by atoms with Crippen LogP contribution in [0.2, 0.25) is 0 Å². The van der Waals surface area contributed by atoms with Crippen molar-refractivity contribution < 1.29 is 5.11 Å². The van der Waals surface area contributed by atoms with Gasteiger partial charge in [0.05, 0.1) is 18.2 Å². The summed E-state index contributed by atoms with van der Waals surface area (Å²) in [5.41, 5.74) is 1.23. The highest BCUT2D eigenvalue weighted by Gasteiger charge is 2.30. The van der Waals surface area contributed by atoms with Crippen molar-refractivity contribution in [2.45, 2.75) is 39.7 Å². The van der Waals surface area contributed by atoms with E-state index in [4.69, 9.17) is 10.4 Å². The number of rotatable bonds is 1. The highest BCUT2D eigenvalue weighted by Crippen LogP contribution is 2.35. The number of nitriles is 1. The summed E-state index contributed by atoms with van der Waals surface area (Å²) < 4.78 is 0. The first-order chi connectivity index (χ1) is 10.2. The van der Waals surface area contributed by atoms with Crippen LogP contribution in [0.1, 0.15) is 44.2 Å². The van der Waals surface area contributed by atoms with Crippen LogP contribution in [-0.2, 0) is 6.61 Å². The summed E-state index contributed by atoms with van der Waals surface area (Å²) in [6.45, 7) is 6.68. The van der Waals surface area contributed by atoms with Crippen LogP contribution in [0.3, 0.4) is 0 Å². The number of aliphatic hydroxyl groups is 1. The van der Waals surface area contributed by atoms with Crippen LogP contribution in [0.4, 0.5) is 0 Å². The van der Waals surface area contributed by atoms with E-state index in [0.29, 0.717) is 11.1 Å². The Balaban J connectivity index is 0.000000188.